The number of nitrogens with one attached hydrogen (secondary N) is 2. The maximum atomic E-state index is 12.0. The van der Waals surface area contributed by atoms with Gasteiger partial charge in [-0.15, -0.1) is 0 Å². The number of aryl methyl sites for hydroxylation is 1. The molecule has 102 valence electrons. The Balaban J connectivity index is 2.04. The first kappa shape index (κ1) is 13.4. The first-order chi connectivity index (χ1) is 9.08. The van der Waals surface area contributed by atoms with Gasteiger partial charge in [-0.3, -0.25) is 4.79 Å². The lowest BCUT2D eigenvalue weighted by molar-refractivity contribution is -0.123. The van der Waals surface area contributed by atoms with Crippen molar-refractivity contribution >= 4 is 11.9 Å². The van der Waals surface area contributed by atoms with Crippen LogP contribution in [0.1, 0.15) is 36.9 Å². The molecule has 0 spiro atoms. The Morgan fingerprint density at radius 2 is 2.11 bits per heavy atom. The number of urea groups is 1. The van der Waals surface area contributed by atoms with E-state index in [9.17, 15) is 9.59 Å². The highest BCUT2D eigenvalue weighted by molar-refractivity contribution is 5.86. The smallest absolute Gasteiger partial charge is 0.312 e. The fraction of sp³-hybridized carbons (Fsp3) is 0.429. The molecule has 2 rings (SSSR count). The van der Waals surface area contributed by atoms with Gasteiger partial charge in [0, 0.05) is 0 Å². The zero-order valence-corrected chi connectivity index (χ0v) is 11.0. The van der Waals surface area contributed by atoms with Crippen LogP contribution in [0.15, 0.2) is 24.3 Å². The van der Waals surface area contributed by atoms with Gasteiger partial charge in [-0.1, -0.05) is 24.3 Å². The highest BCUT2D eigenvalue weighted by Crippen LogP contribution is 2.29. The Morgan fingerprint density at radius 3 is 2.84 bits per heavy atom. The second kappa shape index (κ2) is 5.73. The van der Waals surface area contributed by atoms with Gasteiger partial charge in [0.15, 0.2) is 0 Å². The molecule has 1 aliphatic carbocycles. The molecule has 0 saturated heterocycles. The van der Waals surface area contributed by atoms with Crippen molar-refractivity contribution in [1.29, 1.82) is 0 Å². The van der Waals surface area contributed by atoms with Crippen molar-refractivity contribution in [2.45, 2.75) is 38.3 Å². The van der Waals surface area contributed by atoms with Gasteiger partial charge < -0.3 is 16.4 Å². The van der Waals surface area contributed by atoms with E-state index < -0.39 is 12.1 Å². The number of hydrogen-bond donors (Lipinski definition) is 3. The second-order valence-electron chi connectivity index (χ2n) is 4.88. The van der Waals surface area contributed by atoms with Crippen molar-refractivity contribution in [2.24, 2.45) is 5.73 Å². The van der Waals surface area contributed by atoms with Crippen LogP contribution in [0.25, 0.3) is 0 Å². The molecule has 3 amide bonds. The van der Waals surface area contributed by atoms with E-state index in [2.05, 4.69) is 16.7 Å². The number of rotatable bonds is 3. The minimum Gasteiger partial charge on any atom is -0.352 e. The van der Waals surface area contributed by atoms with Crippen LogP contribution in [0.3, 0.4) is 0 Å². The molecule has 0 heterocycles. The number of carbonyl (C=O) groups excluding carboxylic acids is 2. The lowest BCUT2D eigenvalue weighted by Crippen LogP contribution is -2.47. The molecule has 0 saturated carbocycles. The summed E-state index contributed by atoms with van der Waals surface area (Å²) in [5.41, 5.74) is 7.47. The molecule has 1 unspecified atom stereocenters. The van der Waals surface area contributed by atoms with Crippen molar-refractivity contribution in [3.8, 4) is 0 Å². The third kappa shape index (κ3) is 3.24. The van der Waals surface area contributed by atoms with E-state index >= 15 is 0 Å². The minimum atomic E-state index is -0.688. The molecule has 0 fully saturated rings. The maximum Gasteiger partial charge on any atom is 0.312 e. The average molecular weight is 261 g/mol. The molecule has 1 aromatic carbocycles. The van der Waals surface area contributed by atoms with Crippen LogP contribution in [-0.2, 0) is 11.2 Å². The number of hydrogen-bond acceptors (Lipinski definition) is 2. The van der Waals surface area contributed by atoms with E-state index in [0.29, 0.717) is 0 Å². The van der Waals surface area contributed by atoms with Crippen molar-refractivity contribution in [2.75, 3.05) is 0 Å². The monoisotopic (exact) mass is 261 g/mol. The van der Waals surface area contributed by atoms with E-state index in [1.54, 1.807) is 6.92 Å². The van der Waals surface area contributed by atoms with E-state index in [4.69, 9.17) is 5.73 Å². The van der Waals surface area contributed by atoms with Gasteiger partial charge in [0.2, 0.25) is 5.91 Å². The molecule has 0 bridgehead atoms. The highest BCUT2D eigenvalue weighted by Gasteiger charge is 2.23. The fourth-order valence-corrected chi connectivity index (χ4v) is 2.48. The minimum absolute atomic E-state index is 0.0228. The van der Waals surface area contributed by atoms with Crippen molar-refractivity contribution in [3.63, 3.8) is 0 Å². The Hall–Kier alpha value is -2.04. The Kier molecular flexibility index (Phi) is 4.04. The molecule has 1 aromatic rings. The summed E-state index contributed by atoms with van der Waals surface area (Å²) in [4.78, 5) is 22.7. The maximum absolute atomic E-state index is 12.0. The molecule has 1 aliphatic rings. The SMILES string of the molecule is C[C@@H](NC(N)=O)C(=O)NC1CCCc2ccccc21. The van der Waals surface area contributed by atoms with E-state index in [1.807, 2.05) is 18.2 Å². The van der Waals surface area contributed by atoms with Gasteiger partial charge in [-0.2, -0.15) is 0 Å². The quantitative estimate of drug-likeness (QED) is 0.764. The molecule has 19 heavy (non-hydrogen) atoms. The Bertz CT molecular complexity index is 487. The molecule has 5 heteroatoms. The predicted molar refractivity (Wildman–Crippen MR) is 72.4 cm³/mol. The fourth-order valence-electron chi connectivity index (χ4n) is 2.48. The van der Waals surface area contributed by atoms with Gasteiger partial charge in [-0.25, -0.2) is 4.79 Å². The number of amides is 3. The van der Waals surface area contributed by atoms with Crippen LogP contribution in [0.5, 0.6) is 0 Å². The standard InChI is InChI=1S/C14H19N3O2/c1-9(16-14(15)19)13(18)17-12-8-4-6-10-5-2-3-7-11(10)12/h2-3,5,7,9,12H,4,6,8H2,1H3,(H,17,18)(H3,15,16,19)/t9-,12?/m1/s1. The molecule has 0 aliphatic heterocycles. The van der Waals surface area contributed by atoms with Crippen LogP contribution in [-0.4, -0.2) is 18.0 Å². The molecule has 0 radical (unpaired) electrons. The average Bonchev–Trinajstić information content (AvgIpc) is 2.38. The second-order valence-corrected chi connectivity index (χ2v) is 4.88. The van der Waals surface area contributed by atoms with Gasteiger partial charge in [0.1, 0.15) is 6.04 Å². The number of carbonyl (C=O) groups is 2. The normalized spacial score (nSPS) is 19.1. The third-order valence-electron chi connectivity index (χ3n) is 3.44. The van der Waals surface area contributed by atoms with E-state index in [1.165, 1.54) is 11.1 Å². The molecule has 0 aromatic heterocycles. The summed E-state index contributed by atoms with van der Waals surface area (Å²) in [7, 11) is 0. The summed E-state index contributed by atoms with van der Waals surface area (Å²) in [5.74, 6) is -0.208. The largest absolute Gasteiger partial charge is 0.352 e. The topological polar surface area (TPSA) is 84.2 Å². The van der Waals surface area contributed by atoms with Gasteiger partial charge in [-0.05, 0) is 37.3 Å². The summed E-state index contributed by atoms with van der Waals surface area (Å²) < 4.78 is 0. The molecule has 4 N–H and O–H groups in total. The summed E-state index contributed by atoms with van der Waals surface area (Å²) >= 11 is 0. The zero-order valence-electron chi connectivity index (χ0n) is 11.0. The number of fused-ring (bicyclic) bond motifs is 1. The first-order valence-corrected chi connectivity index (χ1v) is 6.52. The van der Waals surface area contributed by atoms with Crippen LogP contribution in [0.4, 0.5) is 4.79 Å². The van der Waals surface area contributed by atoms with Crippen molar-refractivity contribution in [1.82, 2.24) is 10.6 Å². The van der Waals surface area contributed by atoms with Gasteiger partial charge in [0.25, 0.3) is 0 Å². The van der Waals surface area contributed by atoms with Crippen LogP contribution in [0, 0.1) is 0 Å². The Labute approximate surface area is 112 Å². The third-order valence-corrected chi connectivity index (χ3v) is 3.44. The Morgan fingerprint density at radius 1 is 1.37 bits per heavy atom. The summed E-state index contributed by atoms with van der Waals surface area (Å²) in [5, 5.41) is 5.35. The van der Waals surface area contributed by atoms with Crippen LogP contribution in [0.2, 0.25) is 0 Å². The highest BCUT2D eigenvalue weighted by atomic mass is 16.2. The van der Waals surface area contributed by atoms with Crippen LogP contribution < -0.4 is 16.4 Å². The van der Waals surface area contributed by atoms with Crippen LogP contribution >= 0.6 is 0 Å². The van der Waals surface area contributed by atoms with Gasteiger partial charge in [0.05, 0.1) is 6.04 Å². The summed E-state index contributed by atoms with van der Waals surface area (Å²) in [6.07, 6.45) is 3.03. The lowest BCUT2D eigenvalue weighted by Gasteiger charge is -2.27. The summed E-state index contributed by atoms with van der Waals surface area (Å²) in [6.45, 7) is 1.62. The molecule has 2 atom stereocenters. The number of primary amides is 1. The molecule has 5 nitrogen and oxygen atoms in total. The summed E-state index contributed by atoms with van der Waals surface area (Å²) in [6, 6.07) is 6.85. The first-order valence-electron chi connectivity index (χ1n) is 6.52. The van der Waals surface area contributed by atoms with E-state index in [0.717, 1.165) is 19.3 Å². The van der Waals surface area contributed by atoms with Gasteiger partial charge >= 0.3 is 6.03 Å². The van der Waals surface area contributed by atoms with Crippen molar-refractivity contribution < 1.29 is 9.59 Å². The van der Waals surface area contributed by atoms with Crippen molar-refractivity contribution in [3.05, 3.63) is 35.4 Å². The predicted octanol–water partition coefficient (Wildman–Crippen LogP) is 1.24. The molecular formula is C14H19N3O2. The molecular weight excluding hydrogens is 242 g/mol. The number of nitrogens with two attached hydrogens (primary N) is 1. The lowest BCUT2D eigenvalue weighted by atomic mass is 9.87. The van der Waals surface area contributed by atoms with E-state index in [-0.39, 0.29) is 11.9 Å². The zero-order chi connectivity index (χ0) is 13.8. The number of benzene rings is 1.